The highest BCUT2D eigenvalue weighted by Gasteiger charge is 2.11. The molecule has 0 spiro atoms. The van der Waals surface area contributed by atoms with Crippen LogP contribution >= 0.6 is 0 Å². The Hall–Kier alpha value is -2.21. The molecular formula is C16H21FN4O. The fourth-order valence-electron chi connectivity index (χ4n) is 2.17. The molecule has 0 saturated carbocycles. The van der Waals surface area contributed by atoms with Gasteiger partial charge >= 0.3 is 0 Å². The Kier molecular flexibility index (Phi) is 5.66. The number of likely N-dealkylation sites (N-methyl/N-ethyl adjacent to an activating group) is 1. The summed E-state index contributed by atoms with van der Waals surface area (Å²) in [6.07, 6.45) is 1.58. The van der Waals surface area contributed by atoms with Gasteiger partial charge in [0.05, 0.1) is 0 Å². The summed E-state index contributed by atoms with van der Waals surface area (Å²) in [5.41, 5.74) is 0.604. The second-order valence-electron chi connectivity index (χ2n) is 4.88. The normalized spacial score (nSPS) is 10.9. The Morgan fingerprint density at radius 2 is 2.00 bits per heavy atom. The van der Waals surface area contributed by atoms with Gasteiger partial charge < -0.3 is 10.2 Å². The average molecular weight is 304 g/mol. The minimum Gasteiger partial charge on any atom is -0.349 e. The third-order valence-corrected chi connectivity index (χ3v) is 3.53. The molecule has 0 unspecified atom stereocenters. The largest absolute Gasteiger partial charge is 0.349 e. The summed E-state index contributed by atoms with van der Waals surface area (Å²) < 4.78 is 15.1. The highest BCUT2D eigenvalue weighted by atomic mass is 19.1. The van der Waals surface area contributed by atoms with Gasteiger partial charge in [-0.2, -0.15) is 5.10 Å². The summed E-state index contributed by atoms with van der Waals surface area (Å²) in [4.78, 5) is 14.3. The summed E-state index contributed by atoms with van der Waals surface area (Å²) in [7, 11) is 0. The number of benzene rings is 1. The van der Waals surface area contributed by atoms with Crippen LogP contribution in [-0.2, 0) is 0 Å². The molecule has 0 aliphatic rings. The maximum atomic E-state index is 13.7. The van der Waals surface area contributed by atoms with Crippen molar-refractivity contribution in [2.75, 3.05) is 26.2 Å². The van der Waals surface area contributed by atoms with Crippen molar-refractivity contribution in [2.45, 2.75) is 13.8 Å². The van der Waals surface area contributed by atoms with E-state index in [1.54, 1.807) is 30.5 Å². The lowest BCUT2D eigenvalue weighted by atomic mass is 10.3. The molecule has 1 amide bonds. The number of hydrogen-bond acceptors (Lipinski definition) is 3. The third-order valence-electron chi connectivity index (χ3n) is 3.53. The van der Waals surface area contributed by atoms with Crippen molar-refractivity contribution in [1.82, 2.24) is 20.0 Å². The van der Waals surface area contributed by atoms with Crippen LogP contribution < -0.4 is 5.32 Å². The van der Waals surface area contributed by atoms with E-state index in [1.807, 2.05) is 0 Å². The zero-order valence-electron chi connectivity index (χ0n) is 12.9. The number of carbonyl (C=O) groups excluding carboxylic acids is 1. The molecule has 5 nitrogen and oxygen atoms in total. The molecule has 6 heteroatoms. The Labute approximate surface area is 129 Å². The lowest BCUT2D eigenvalue weighted by Crippen LogP contribution is -2.35. The standard InChI is InChI=1S/C16H21FN4O/c1-3-20(4-2)12-10-18-16(22)14-9-11-21(19-14)15-8-6-5-7-13(15)17/h5-9,11H,3-4,10,12H2,1-2H3,(H,18,22). The zero-order chi connectivity index (χ0) is 15.9. The predicted octanol–water partition coefficient (Wildman–Crippen LogP) is 2.08. The Morgan fingerprint density at radius 1 is 1.27 bits per heavy atom. The van der Waals surface area contributed by atoms with E-state index in [2.05, 4.69) is 29.2 Å². The number of carbonyl (C=O) groups is 1. The van der Waals surface area contributed by atoms with Crippen LogP contribution in [0, 0.1) is 5.82 Å². The van der Waals surface area contributed by atoms with E-state index >= 15 is 0 Å². The van der Waals surface area contributed by atoms with Crippen LogP contribution in [0.4, 0.5) is 4.39 Å². The number of nitrogens with one attached hydrogen (secondary N) is 1. The molecule has 2 rings (SSSR count). The van der Waals surface area contributed by atoms with E-state index in [-0.39, 0.29) is 17.4 Å². The van der Waals surface area contributed by atoms with Crippen molar-refractivity contribution < 1.29 is 9.18 Å². The van der Waals surface area contributed by atoms with Crippen LogP contribution in [0.3, 0.4) is 0 Å². The van der Waals surface area contributed by atoms with Gasteiger partial charge in [0.25, 0.3) is 5.91 Å². The zero-order valence-corrected chi connectivity index (χ0v) is 12.9. The van der Waals surface area contributed by atoms with Crippen LogP contribution in [0.5, 0.6) is 0 Å². The van der Waals surface area contributed by atoms with Gasteiger partial charge in [-0.15, -0.1) is 0 Å². The number of rotatable bonds is 7. The van der Waals surface area contributed by atoms with Crippen LogP contribution in [0.25, 0.3) is 5.69 Å². The maximum Gasteiger partial charge on any atom is 0.271 e. The first-order valence-corrected chi connectivity index (χ1v) is 7.46. The SMILES string of the molecule is CCN(CC)CCNC(=O)c1ccn(-c2ccccc2F)n1. The van der Waals surface area contributed by atoms with Gasteiger partial charge in [-0.05, 0) is 31.3 Å². The minimum absolute atomic E-state index is 0.248. The summed E-state index contributed by atoms with van der Waals surface area (Å²) in [5, 5.41) is 6.96. The molecule has 0 atom stereocenters. The average Bonchev–Trinajstić information content (AvgIpc) is 3.01. The molecule has 22 heavy (non-hydrogen) atoms. The summed E-state index contributed by atoms with van der Waals surface area (Å²) in [6.45, 7) is 7.44. The van der Waals surface area contributed by atoms with Gasteiger partial charge in [0.1, 0.15) is 11.5 Å². The molecule has 0 bridgehead atoms. The smallest absolute Gasteiger partial charge is 0.271 e. The highest BCUT2D eigenvalue weighted by Crippen LogP contribution is 2.12. The fraction of sp³-hybridized carbons (Fsp3) is 0.375. The lowest BCUT2D eigenvalue weighted by molar-refractivity contribution is 0.0943. The Morgan fingerprint density at radius 3 is 2.68 bits per heavy atom. The number of hydrogen-bond donors (Lipinski definition) is 1. The topological polar surface area (TPSA) is 50.2 Å². The molecule has 1 aromatic heterocycles. The first kappa shape index (κ1) is 16.2. The van der Waals surface area contributed by atoms with Crippen molar-refractivity contribution in [3.8, 4) is 5.69 Å². The number of halogens is 1. The number of aromatic nitrogens is 2. The molecule has 1 heterocycles. The molecule has 0 fully saturated rings. The van der Waals surface area contributed by atoms with Gasteiger partial charge in [0.15, 0.2) is 5.69 Å². The fourth-order valence-corrected chi connectivity index (χ4v) is 2.17. The van der Waals surface area contributed by atoms with Gasteiger partial charge in [-0.3, -0.25) is 4.79 Å². The van der Waals surface area contributed by atoms with Gasteiger partial charge in [0, 0.05) is 19.3 Å². The third kappa shape index (κ3) is 3.92. The van der Waals surface area contributed by atoms with Crippen molar-refractivity contribution in [2.24, 2.45) is 0 Å². The second kappa shape index (κ2) is 7.70. The van der Waals surface area contributed by atoms with Crippen molar-refractivity contribution in [3.63, 3.8) is 0 Å². The molecule has 0 aliphatic carbocycles. The maximum absolute atomic E-state index is 13.7. The van der Waals surface area contributed by atoms with Crippen LogP contribution in [-0.4, -0.2) is 46.8 Å². The van der Waals surface area contributed by atoms with E-state index in [4.69, 9.17) is 0 Å². The van der Waals surface area contributed by atoms with Gasteiger partial charge in [-0.25, -0.2) is 9.07 Å². The molecule has 2 aromatic rings. The second-order valence-corrected chi connectivity index (χ2v) is 4.88. The Balaban J connectivity index is 1.96. The highest BCUT2D eigenvalue weighted by molar-refractivity contribution is 5.92. The van der Waals surface area contributed by atoms with Crippen molar-refractivity contribution in [3.05, 3.63) is 48.0 Å². The van der Waals surface area contributed by atoms with Crippen molar-refractivity contribution in [1.29, 1.82) is 0 Å². The van der Waals surface area contributed by atoms with Crippen molar-refractivity contribution >= 4 is 5.91 Å². The predicted molar refractivity (Wildman–Crippen MR) is 83.6 cm³/mol. The molecule has 1 aromatic carbocycles. The van der Waals surface area contributed by atoms with E-state index < -0.39 is 0 Å². The van der Waals surface area contributed by atoms with E-state index in [0.717, 1.165) is 19.6 Å². The molecule has 1 N–H and O–H groups in total. The molecule has 0 saturated heterocycles. The number of para-hydroxylation sites is 1. The van der Waals surface area contributed by atoms with E-state index in [0.29, 0.717) is 12.2 Å². The quantitative estimate of drug-likeness (QED) is 0.852. The monoisotopic (exact) mass is 304 g/mol. The Bertz CT molecular complexity index is 622. The van der Waals surface area contributed by atoms with Crippen LogP contribution in [0.2, 0.25) is 0 Å². The summed E-state index contributed by atoms with van der Waals surface area (Å²) >= 11 is 0. The van der Waals surface area contributed by atoms with Crippen LogP contribution in [0.15, 0.2) is 36.5 Å². The molecular weight excluding hydrogens is 283 g/mol. The van der Waals surface area contributed by atoms with E-state index in [9.17, 15) is 9.18 Å². The molecule has 0 aliphatic heterocycles. The van der Waals surface area contributed by atoms with E-state index in [1.165, 1.54) is 10.7 Å². The number of amides is 1. The van der Waals surface area contributed by atoms with Gasteiger partial charge in [0.2, 0.25) is 0 Å². The van der Waals surface area contributed by atoms with Gasteiger partial charge in [-0.1, -0.05) is 26.0 Å². The molecule has 0 radical (unpaired) electrons. The summed E-state index contributed by atoms with van der Waals surface area (Å²) in [6, 6.07) is 7.90. The summed E-state index contributed by atoms with van der Waals surface area (Å²) in [5.74, 6) is -0.624. The lowest BCUT2D eigenvalue weighted by Gasteiger charge is -2.17. The first-order valence-electron chi connectivity index (χ1n) is 7.46. The minimum atomic E-state index is -0.376. The van der Waals surface area contributed by atoms with Crippen LogP contribution in [0.1, 0.15) is 24.3 Å². The first-order chi connectivity index (χ1) is 10.7. The number of nitrogens with zero attached hydrogens (tertiary/aromatic N) is 3. The molecule has 118 valence electrons.